The number of esters is 1. The van der Waals surface area contributed by atoms with Crippen molar-refractivity contribution in [1.82, 2.24) is 4.98 Å². The van der Waals surface area contributed by atoms with E-state index in [9.17, 15) is 18.0 Å². The van der Waals surface area contributed by atoms with Gasteiger partial charge in [0.05, 0.1) is 23.3 Å². The molecule has 0 atom stereocenters. The van der Waals surface area contributed by atoms with E-state index >= 15 is 0 Å². The number of aromatic nitrogens is 1. The summed E-state index contributed by atoms with van der Waals surface area (Å²) in [6.45, 7) is 0. The second-order valence-electron chi connectivity index (χ2n) is 2.53. The third kappa shape index (κ3) is 2.38. The summed E-state index contributed by atoms with van der Waals surface area (Å²) in [6, 6.07) is 0. The van der Waals surface area contributed by atoms with Gasteiger partial charge in [-0.3, -0.25) is 4.98 Å². The van der Waals surface area contributed by atoms with Gasteiger partial charge in [-0.1, -0.05) is 11.6 Å². The summed E-state index contributed by atoms with van der Waals surface area (Å²) in [4.78, 5) is 14.4. The predicted octanol–water partition coefficient (Wildman–Crippen LogP) is 2.54. The zero-order valence-corrected chi connectivity index (χ0v) is 8.19. The summed E-state index contributed by atoms with van der Waals surface area (Å²) in [6.07, 6.45) is -3.14. The van der Waals surface area contributed by atoms with E-state index < -0.39 is 28.3 Å². The molecule has 0 fully saturated rings. The molecule has 0 N–H and O–H groups in total. The Labute approximate surface area is 87.8 Å². The molecule has 0 aliphatic rings. The van der Waals surface area contributed by atoms with Gasteiger partial charge < -0.3 is 4.74 Å². The summed E-state index contributed by atoms with van der Waals surface area (Å²) in [5.41, 5.74) is -1.93. The Morgan fingerprint density at radius 2 is 2.07 bits per heavy atom. The van der Waals surface area contributed by atoms with Gasteiger partial charge in [0.15, 0.2) is 0 Å². The van der Waals surface area contributed by atoms with Crippen LogP contribution in [-0.2, 0) is 10.9 Å². The monoisotopic (exact) mass is 239 g/mol. The standard InChI is InChI=1S/C8H5ClF3NO2/c1-15-7(14)4-2-13-3-5(9)6(4)8(10,11)12/h2-3H,1H3. The number of methoxy groups -OCH3 is 1. The van der Waals surface area contributed by atoms with Crippen LogP contribution in [0.5, 0.6) is 0 Å². The van der Waals surface area contributed by atoms with Crippen molar-refractivity contribution in [1.29, 1.82) is 0 Å². The van der Waals surface area contributed by atoms with Crippen LogP contribution < -0.4 is 0 Å². The Balaban J connectivity index is 3.40. The molecule has 0 radical (unpaired) electrons. The molecule has 0 saturated carbocycles. The Morgan fingerprint density at radius 1 is 1.47 bits per heavy atom. The van der Waals surface area contributed by atoms with Crippen LogP contribution >= 0.6 is 11.6 Å². The van der Waals surface area contributed by atoms with E-state index in [1.807, 2.05) is 0 Å². The highest BCUT2D eigenvalue weighted by molar-refractivity contribution is 6.31. The van der Waals surface area contributed by atoms with E-state index in [4.69, 9.17) is 11.6 Å². The van der Waals surface area contributed by atoms with Crippen molar-refractivity contribution in [3.05, 3.63) is 28.5 Å². The summed E-state index contributed by atoms with van der Waals surface area (Å²) in [5.74, 6) is -1.13. The zero-order valence-electron chi connectivity index (χ0n) is 7.43. The number of halogens is 4. The van der Waals surface area contributed by atoms with Crippen LogP contribution in [0.3, 0.4) is 0 Å². The number of carbonyl (C=O) groups excluding carboxylic acids is 1. The van der Waals surface area contributed by atoms with Crippen LogP contribution in [0, 0.1) is 0 Å². The van der Waals surface area contributed by atoms with E-state index in [0.29, 0.717) is 0 Å². The minimum atomic E-state index is -4.72. The Morgan fingerprint density at radius 3 is 2.53 bits per heavy atom. The topological polar surface area (TPSA) is 39.2 Å². The number of hydrogen-bond acceptors (Lipinski definition) is 3. The average Bonchev–Trinajstić information content (AvgIpc) is 2.14. The Kier molecular flexibility index (Phi) is 3.18. The van der Waals surface area contributed by atoms with Gasteiger partial charge in [0.2, 0.25) is 0 Å². The molecule has 0 bridgehead atoms. The lowest BCUT2D eigenvalue weighted by atomic mass is 10.1. The molecule has 0 saturated heterocycles. The molecular formula is C8H5ClF3NO2. The largest absolute Gasteiger partial charge is 0.465 e. The minimum Gasteiger partial charge on any atom is -0.465 e. The Hall–Kier alpha value is -1.30. The lowest BCUT2D eigenvalue weighted by Gasteiger charge is -2.11. The van der Waals surface area contributed by atoms with Crippen molar-refractivity contribution < 1.29 is 22.7 Å². The first-order chi connectivity index (χ1) is 6.88. The molecule has 1 heterocycles. The molecule has 1 rings (SSSR count). The Bertz CT molecular complexity index is 392. The molecule has 0 spiro atoms. The van der Waals surface area contributed by atoms with E-state index in [1.165, 1.54) is 0 Å². The van der Waals surface area contributed by atoms with Gasteiger partial charge in [0, 0.05) is 12.4 Å². The van der Waals surface area contributed by atoms with E-state index in [-0.39, 0.29) is 0 Å². The van der Waals surface area contributed by atoms with Crippen LogP contribution in [0.2, 0.25) is 5.02 Å². The van der Waals surface area contributed by atoms with Gasteiger partial charge >= 0.3 is 12.1 Å². The van der Waals surface area contributed by atoms with E-state index in [0.717, 1.165) is 19.5 Å². The van der Waals surface area contributed by atoms with Crippen LogP contribution in [0.25, 0.3) is 0 Å². The number of carbonyl (C=O) groups is 1. The lowest BCUT2D eigenvalue weighted by molar-refractivity contribution is -0.138. The first-order valence-corrected chi connectivity index (χ1v) is 4.04. The van der Waals surface area contributed by atoms with Crippen LogP contribution in [0.15, 0.2) is 12.4 Å². The highest BCUT2D eigenvalue weighted by Crippen LogP contribution is 2.36. The summed E-state index contributed by atoms with van der Waals surface area (Å²) < 4.78 is 41.6. The van der Waals surface area contributed by atoms with Crippen molar-refractivity contribution in [2.75, 3.05) is 7.11 Å². The number of nitrogens with zero attached hydrogens (tertiary/aromatic N) is 1. The molecular weight excluding hydrogens is 235 g/mol. The van der Waals surface area contributed by atoms with Gasteiger partial charge in [-0.2, -0.15) is 13.2 Å². The fourth-order valence-corrected chi connectivity index (χ4v) is 1.25. The van der Waals surface area contributed by atoms with Gasteiger partial charge in [-0.05, 0) is 0 Å². The lowest BCUT2D eigenvalue weighted by Crippen LogP contribution is -2.15. The van der Waals surface area contributed by atoms with Crippen LogP contribution in [0.1, 0.15) is 15.9 Å². The van der Waals surface area contributed by atoms with Gasteiger partial charge in [0.25, 0.3) is 0 Å². The van der Waals surface area contributed by atoms with Gasteiger partial charge in [-0.25, -0.2) is 4.79 Å². The first kappa shape index (κ1) is 11.8. The SMILES string of the molecule is COC(=O)c1cncc(Cl)c1C(F)(F)F. The smallest absolute Gasteiger partial charge is 0.418 e. The molecule has 3 nitrogen and oxygen atoms in total. The normalized spacial score (nSPS) is 11.3. The fraction of sp³-hybridized carbons (Fsp3) is 0.250. The fourth-order valence-electron chi connectivity index (χ4n) is 0.988. The molecule has 82 valence electrons. The molecule has 1 aromatic rings. The molecule has 0 aliphatic heterocycles. The van der Waals surface area contributed by atoms with Crippen molar-refractivity contribution in [2.45, 2.75) is 6.18 Å². The number of alkyl halides is 3. The predicted molar refractivity (Wildman–Crippen MR) is 45.6 cm³/mol. The first-order valence-electron chi connectivity index (χ1n) is 3.67. The average molecular weight is 240 g/mol. The number of pyridine rings is 1. The van der Waals surface area contributed by atoms with Crippen molar-refractivity contribution in [3.63, 3.8) is 0 Å². The van der Waals surface area contributed by atoms with Crippen LogP contribution in [-0.4, -0.2) is 18.1 Å². The van der Waals surface area contributed by atoms with Crippen molar-refractivity contribution in [3.8, 4) is 0 Å². The molecule has 1 aromatic heterocycles. The second kappa shape index (κ2) is 4.06. The number of hydrogen-bond donors (Lipinski definition) is 0. The van der Waals surface area contributed by atoms with Gasteiger partial charge in [0.1, 0.15) is 0 Å². The quantitative estimate of drug-likeness (QED) is 0.707. The van der Waals surface area contributed by atoms with E-state index in [2.05, 4.69) is 9.72 Å². The molecule has 15 heavy (non-hydrogen) atoms. The molecule has 0 unspecified atom stereocenters. The molecule has 0 amide bonds. The third-order valence-corrected chi connectivity index (χ3v) is 1.88. The molecule has 7 heteroatoms. The van der Waals surface area contributed by atoms with E-state index in [1.54, 1.807) is 0 Å². The number of ether oxygens (including phenoxy) is 1. The second-order valence-corrected chi connectivity index (χ2v) is 2.94. The number of rotatable bonds is 1. The zero-order chi connectivity index (χ0) is 11.6. The van der Waals surface area contributed by atoms with Crippen molar-refractivity contribution >= 4 is 17.6 Å². The molecule has 0 aromatic carbocycles. The van der Waals surface area contributed by atoms with Crippen molar-refractivity contribution in [2.24, 2.45) is 0 Å². The maximum absolute atomic E-state index is 12.5. The maximum atomic E-state index is 12.5. The summed E-state index contributed by atoms with van der Waals surface area (Å²) in [5, 5.41) is -0.634. The highest BCUT2D eigenvalue weighted by Gasteiger charge is 2.38. The minimum absolute atomic E-state index is 0.634. The van der Waals surface area contributed by atoms with Gasteiger partial charge in [-0.15, -0.1) is 0 Å². The summed E-state index contributed by atoms with van der Waals surface area (Å²) >= 11 is 5.32. The maximum Gasteiger partial charge on any atom is 0.418 e. The van der Waals surface area contributed by atoms with Crippen LogP contribution in [0.4, 0.5) is 13.2 Å². The third-order valence-electron chi connectivity index (χ3n) is 1.59. The highest BCUT2D eigenvalue weighted by atomic mass is 35.5. The molecule has 0 aliphatic carbocycles. The summed E-state index contributed by atoms with van der Waals surface area (Å²) in [7, 11) is 0.976.